The molecule has 0 amide bonds. The maximum atomic E-state index is 6.07. The Balaban J connectivity index is 1.21. The van der Waals surface area contributed by atoms with Gasteiger partial charge in [0.25, 0.3) is 0 Å². The van der Waals surface area contributed by atoms with Crippen LogP contribution in [-0.4, -0.2) is 33.2 Å². The molecule has 0 saturated carbocycles. The number of nitrogens with zero attached hydrogens (tertiary/aromatic N) is 2. The summed E-state index contributed by atoms with van der Waals surface area (Å²) < 4.78 is 23.1. The summed E-state index contributed by atoms with van der Waals surface area (Å²) in [6.07, 6.45) is 9.30. The van der Waals surface area contributed by atoms with E-state index in [1.165, 1.54) is 25.7 Å². The zero-order valence-corrected chi connectivity index (χ0v) is 34.5. The Morgan fingerprint density at radius 1 is 0.368 bits per heavy atom. The lowest BCUT2D eigenvalue weighted by atomic mass is 10.0. The Morgan fingerprint density at radius 3 is 0.982 bits per heavy atom. The largest absolute Gasteiger partial charge is 0.497 e. The number of hydrogen-bond acceptors (Lipinski definition) is 7. The van der Waals surface area contributed by atoms with Crippen LogP contribution in [0.1, 0.15) is 58.3 Å². The van der Waals surface area contributed by atoms with Crippen molar-refractivity contribution in [1.29, 1.82) is 0 Å². The fraction of sp³-hybridized carbons (Fsp3) is 0.280. The van der Waals surface area contributed by atoms with Crippen LogP contribution in [0.15, 0.2) is 146 Å². The molecule has 0 radical (unpaired) electrons. The quantitative estimate of drug-likeness (QED) is 0.0547. The number of rotatable bonds is 22. The van der Waals surface area contributed by atoms with Crippen molar-refractivity contribution in [3.05, 3.63) is 146 Å². The molecule has 0 aromatic heterocycles. The highest BCUT2D eigenvalue weighted by Crippen LogP contribution is 2.39. The molecular weight excluding hydrogens is 725 g/mol. The molecule has 0 spiro atoms. The summed E-state index contributed by atoms with van der Waals surface area (Å²) in [5.74, 6) is 4.36. The molecule has 0 aliphatic carbocycles. The Hall–Kier alpha value is -5.53. The van der Waals surface area contributed by atoms with Gasteiger partial charge in [0.1, 0.15) is 23.0 Å². The van der Waals surface area contributed by atoms with Crippen LogP contribution in [0.4, 0.5) is 34.1 Å². The van der Waals surface area contributed by atoms with Crippen molar-refractivity contribution in [2.45, 2.75) is 58.3 Å². The first-order valence-corrected chi connectivity index (χ1v) is 20.9. The van der Waals surface area contributed by atoms with Gasteiger partial charge in [-0.25, -0.2) is 0 Å². The Bertz CT molecular complexity index is 2030. The first-order valence-electron chi connectivity index (χ1n) is 20.3. The summed E-state index contributed by atoms with van der Waals surface area (Å²) in [5, 5.41) is 0. The number of methoxy groups -OCH3 is 2. The fourth-order valence-electron chi connectivity index (χ4n) is 6.82. The number of benzene rings is 6. The average molecular weight is 781 g/mol. The third-order valence-electron chi connectivity index (χ3n) is 10.0. The lowest BCUT2D eigenvalue weighted by molar-refractivity contribution is 0.305. The Morgan fingerprint density at radius 2 is 0.667 bits per heavy atom. The predicted molar refractivity (Wildman–Crippen MR) is 242 cm³/mol. The number of anilines is 6. The topological polar surface area (TPSA) is 43.4 Å². The number of thiol groups is 1. The summed E-state index contributed by atoms with van der Waals surface area (Å²) in [4.78, 5) is 4.51. The molecule has 6 aromatic rings. The monoisotopic (exact) mass is 780 g/mol. The first-order chi connectivity index (χ1) is 28.1. The summed E-state index contributed by atoms with van der Waals surface area (Å²) >= 11 is 4.31. The van der Waals surface area contributed by atoms with Crippen molar-refractivity contribution in [1.82, 2.24) is 0 Å². The molecule has 0 N–H and O–H groups in total. The van der Waals surface area contributed by atoms with Crippen molar-refractivity contribution in [2.75, 3.05) is 43.0 Å². The fourth-order valence-corrected chi connectivity index (χ4v) is 7.05. The molecule has 0 fully saturated rings. The van der Waals surface area contributed by atoms with Crippen LogP contribution < -0.4 is 28.7 Å². The minimum atomic E-state index is 0.720. The second-order valence-corrected chi connectivity index (χ2v) is 14.5. The summed E-state index contributed by atoms with van der Waals surface area (Å²) in [6.45, 7) is 3.69. The van der Waals surface area contributed by atoms with E-state index in [1.807, 2.05) is 24.3 Å². The van der Waals surface area contributed by atoms with Crippen LogP contribution in [0.5, 0.6) is 23.0 Å². The van der Waals surface area contributed by atoms with Crippen LogP contribution in [0.3, 0.4) is 0 Å². The lowest BCUT2D eigenvalue weighted by Crippen LogP contribution is -2.10. The predicted octanol–water partition coefficient (Wildman–Crippen LogP) is 14.1. The Labute approximate surface area is 345 Å². The summed E-state index contributed by atoms with van der Waals surface area (Å²) in [5.41, 5.74) is 8.55. The smallest absolute Gasteiger partial charge is 0.119 e. The van der Waals surface area contributed by atoms with Crippen LogP contribution >= 0.6 is 12.6 Å². The molecule has 0 heterocycles. The second-order valence-electron chi connectivity index (χ2n) is 14.0. The molecule has 7 heteroatoms. The van der Waals surface area contributed by atoms with Gasteiger partial charge in [-0.1, -0.05) is 63.3 Å². The third kappa shape index (κ3) is 11.5. The van der Waals surface area contributed by atoms with Gasteiger partial charge in [-0.2, -0.15) is 12.6 Å². The van der Waals surface area contributed by atoms with Gasteiger partial charge in [-0.3, -0.25) is 0 Å². The van der Waals surface area contributed by atoms with E-state index in [-0.39, 0.29) is 0 Å². The normalized spacial score (nSPS) is 10.9. The number of hydrogen-bond donors (Lipinski definition) is 1. The SMILES string of the molecule is CCCCCCOc1ccc(N(c2ccc(OC)cc2)c2ccc(-c3ccc(N(c4ccc(OC)cc4)c4ccc(OCCCCCCS)cc4)cc3)cc2)cc1. The van der Waals surface area contributed by atoms with Crippen molar-refractivity contribution in [3.63, 3.8) is 0 Å². The molecule has 0 aliphatic heterocycles. The van der Waals surface area contributed by atoms with Crippen LogP contribution in [-0.2, 0) is 0 Å². The standard InChI is InChI=1S/C50H56N2O4S/c1-4-5-6-9-36-55-49-32-24-45(25-33-49)51(43-20-28-47(53-2)29-21-43)41-16-12-39(13-17-41)40-14-18-42(19-15-40)52(44-22-30-48(54-3)31-23-44)46-26-34-50(35-27-46)56-37-10-7-8-11-38-57/h12-35,57H,4-11,36-38H2,1-3H3. The maximum absolute atomic E-state index is 6.07. The van der Waals surface area contributed by atoms with Crippen molar-refractivity contribution < 1.29 is 18.9 Å². The highest BCUT2D eigenvalue weighted by atomic mass is 32.1. The van der Waals surface area contributed by atoms with Crippen molar-refractivity contribution >= 4 is 46.8 Å². The number of unbranched alkanes of at least 4 members (excludes halogenated alkanes) is 6. The second kappa shape index (κ2) is 21.7. The van der Waals surface area contributed by atoms with Gasteiger partial charge in [0.15, 0.2) is 0 Å². The van der Waals surface area contributed by atoms with Gasteiger partial charge in [0.05, 0.1) is 27.4 Å². The number of ether oxygens (including phenoxy) is 4. The summed E-state index contributed by atoms with van der Waals surface area (Å²) in [7, 11) is 3.38. The highest BCUT2D eigenvalue weighted by Gasteiger charge is 2.16. The van der Waals surface area contributed by atoms with E-state index in [2.05, 4.69) is 151 Å². The molecular formula is C50H56N2O4S. The van der Waals surface area contributed by atoms with E-state index in [0.717, 1.165) is 113 Å². The molecule has 57 heavy (non-hydrogen) atoms. The molecule has 0 saturated heterocycles. The van der Waals surface area contributed by atoms with E-state index in [9.17, 15) is 0 Å². The molecule has 6 rings (SSSR count). The minimum Gasteiger partial charge on any atom is -0.497 e. The minimum absolute atomic E-state index is 0.720. The van der Waals surface area contributed by atoms with Crippen molar-refractivity contribution in [3.8, 4) is 34.1 Å². The lowest BCUT2D eigenvalue weighted by Gasteiger charge is -2.26. The van der Waals surface area contributed by atoms with Gasteiger partial charge in [0, 0.05) is 34.1 Å². The van der Waals surface area contributed by atoms with E-state index in [0.29, 0.717) is 0 Å². The van der Waals surface area contributed by atoms with Gasteiger partial charge in [-0.05, 0) is 157 Å². The first kappa shape index (κ1) is 41.1. The van der Waals surface area contributed by atoms with E-state index in [1.54, 1.807) is 14.2 Å². The molecule has 6 nitrogen and oxygen atoms in total. The van der Waals surface area contributed by atoms with Crippen molar-refractivity contribution in [2.24, 2.45) is 0 Å². The van der Waals surface area contributed by atoms with Gasteiger partial charge < -0.3 is 28.7 Å². The molecule has 296 valence electrons. The molecule has 0 bridgehead atoms. The zero-order valence-electron chi connectivity index (χ0n) is 33.6. The van der Waals surface area contributed by atoms with Gasteiger partial charge in [-0.15, -0.1) is 0 Å². The molecule has 0 atom stereocenters. The molecule has 6 aromatic carbocycles. The third-order valence-corrected chi connectivity index (χ3v) is 10.3. The maximum Gasteiger partial charge on any atom is 0.119 e. The average Bonchev–Trinajstić information content (AvgIpc) is 3.27. The van der Waals surface area contributed by atoms with E-state index in [4.69, 9.17) is 18.9 Å². The molecule has 0 unspecified atom stereocenters. The van der Waals surface area contributed by atoms with Crippen LogP contribution in [0.25, 0.3) is 11.1 Å². The van der Waals surface area contributed by atoms with E-state index >= 15 is 0 Å². The zero-order chi connectivity index (χ0) is 39.7. The highest BCUT2D eigenvalue weighted by molar-refractivity contribution is 7.80. The van der Waals surface area contributed by atoms with Gasteiger partial charge >= 0.3 is 0 Å². The van der Waals surface area contributed by atoms with Gasteiger partial charge in [0.2, 0.25) is 0 Å². The summed E-state index contributed by atoms with van der Waals surface area (Å²) in [6, 6.07) is 50.6. The van der Waals surface area contributed by atoms with E-state index < -0.39 is 0 Å². The molecule has 0 aliphatic rings. The Kier molecular flexibility index (Phi) is 15.6. The van der Waals surface area contributed by atoms with Crippen LogP contribution in [0, 0.1) is 0 Å². The van der Waals surface area contributed by atoms with Crippen LogP contribution in [0.2, 0.25) is 0 Å².